The Hall–Kier alpha value is -2.86. The summed E-state index contributed by atoms with van der Waals surface area (Å²) < 4.78 is 5.61. The number of anilines is 2. The van der Waals surface area contributed by atoms with E-state index in [0.717, 1.165) is 24.9 Å². The fraction of sp³-hybridized carbons (Fsp3) is 0.333. The number of morpholine rings is 1. The van der Waals surface area contributed by atoms with E-state index in [1.54, 1.807) is 24.3 Å². The van der Waals surface area contributed by atoms with Crippen LogP contribution in [0, 0.1) is 0 Å². The Labute approximate surface area is 158 Å². The summed E-state index contributed by atoms with van der Waals surface area (Å²) in [6.07, 6.45) is 3.17. The molecule has 140 valence electrons. The van der Waals surface area contributed by atoms with Crippen molar-refractivity contribution in [1.29, 1.82) is 0 Å². The minimum Gasteiger partial charge on any atom is -0.377 e. The molecule has 1 heterocycles. The maximum Gasteiger partial charge on any atom is 0.323 e. The van der Waals surface area contributed by atoms with Crippen molar-refractivity contribution in [2.75, 3.05) is 30.4 Å². The van der Waals surface area contributed by atoms with E-state index in [1.165, 1.54) is 0 Å². The summed E-state index contributed by atoms with van der Waals surface area (Å²) in [5, 5.41) is 5.55. The van der Waals surface area contributed by atoms with Crippen molar-refractivity contribution in [3.05, 3.63) is 60.2 Å². The zero-order chi connectivity index (χ0) is 18.7. The fourth-order valence-electron chi connectivity index (χ4n) is 3.72. The van der Waals surface area contributed by atoms with Gasteiger partial charge in [0.2, 0.25) is 0 Å². The van der Waals surface area contributed by atoms with Crippen LogP contribution in [-0.2, 0) is 4.74 Å². The Balaban J connectivity index is 1.39. The molecule has 2 aliphatic rings. The average molecular weight is 365 g/mol. The molecule has 1 spiro atoms. The third-order valence-corrected chi connectivity index (χ3v) is 5.35. The third kappa shape index (κ3) is 3.66. The maximum absolute atomic E-state index is 13.0. The lowest BCUT2D eigenvalue weighted by Crippen LogP contribution is -2.62. The second kappa shape index (κ2) is 7.40. The maximum atomic E-state index is 13.0. The molecule has 2 aromatic rings. The summed E-state index contributed by atoms with van der Waals surface area (Å²) in [6.45, 7) is 1.86. The number of carbonyl (C=O) groups excluding carboxylic acids is 2. The summed E-state index contributed by atoms with van der Waals surface area (Å²) in [5.74, 6) is 0.0401. The van der Waals surface area contributed by atoms with E-state index in [-0.39, 0.29) is 17.5 Å². The highest BCUT2D eigenvalue weighted by atomic mass is 16.5. The highest BCUT2D eigenvalue weighted by Crippen LogP contribution is 2.40. The lowest BCUT2D eigenvalue weighted by molar-refractivity contribution is -0.0877. The number of nitrogens with one attached hydrogen (secondary N) is 2. The van der Waals surface area contributed by atoms with Crippen LogP contribution in [0.1, 0.15) is 29.6 Å². The van der Waals surface area contributed by atoms with Gasteiger partial charge in [0.1, 0.15) is 0 Å². The number of urea groups is 1. The van der Waals surface area contributed by atoms with Crippen LogP contribution in [0.4, 0.5) is 16.2 Å². The van der Waals surface area contributed by atoms with Gasteiger partial charge in [-0.1, -0.05) is 18.2 Å². The number of amides is 3. The first kappa shape index (κ1) is 17.5. The van der Waals surface area contributed by atoms with E-state index in [1.807, 2.05) is 35.2 Å². The van der Waals surface area contributed by atoms with Crippen molar-refractivity contribution in [2.24, 2.45) is 0 Å². The van der Waals surface area contributed by atoms with Gasteiger partial charge in [0.15, 0.2) is 0 Å². The molecule has 3 amide bonds. The number of para-hydroxylation sites is 1. The van der Waals surface area contributed by atoms with E-state index in [4.69, 9.17) is 4.74 Å². The van der Waals surface area contributed by atoms with Crippen LogP contribution < -0.4 is 10.6 Å². The molecule has 1 aliphatic carbocycles. The number of hydrogen-bond donors (Lipinski definition) is 2. The highest BCUT2D eigenvalue weighted by molar-refractivity contribution is 6.00. The number of ether oxygens (including phenoxy) is 1. The lowest BCUT2D eigenvalue weighted by atomic mass is 9.75. The van der Waals surface area contributed by atoms with Crippen LogP contribution >= 0.6 is 0 Å². The first-order valence-corrected chi connectivity index (χ1v) is 9.29. The van der Waals surface area contributed by atoms with E-state index in [9.17, 15) is 9.59 Å². The van der Waals surface area contributed by atoms with Gasteiger partial charge in [0.05, 0.1) is 18.8 Å². The first-order chi connectivity index (χ1) is 13.2. The molecule has 2 fully saturated rings. The SMILES string of the molecule is O=C(Nc1ccccc1)Nc1ccc(C(=O)N2CCOCC23CCC3)cc1. The zero-order valence-corrected chi connectivity index (χ0v) is 15.1. The molecular formula is C21H23N3O3. The molecule has 2 aromatic carbocycles. The second-order valence-electron chi connectivity index (χ2n) is 7.11. The standard InChI is InChI=1S/C21H23N3O3/c25-19(24-13-14-27-15-21(24)11-4-12-21)16-7-9-18(10-8-16)23-20(26)22-17-5-2-1-3-6-17/h1-3,5-10H,4,11-15H2,(H2,22,23,26). The molecule has 1 aliphatic heterocycles. The lowest BCUT2D eigenvalue weighted by Gasteiger charge is -2.52. The topological polar surface area (TPSA) is 70.7 Å². The number of carbonyl (C=O) groups is 2. The predicted molar refractivity (Wildman–Crippen MR) is 104 cm³/mol. The molecule has 4 rings (SSSR count). The molecule has 0 radical (unpaired) electrons. The van der Waals surface area contributed by atoms with Crippen LogP contribution in [-0.4, -0.2) is 42.1 Å². The summed E-state index contributed by atoms with van der Waals surface area (Å²) in [7, 11) is 0. The number of nitrogens with zero attached hydrogens (tertiary/aromatic N) is 1. The van der Waals surface area contributed by atoms with Gasteiger partial charge in [0.25, 0.3) is 5.91 Å². The van der Waals surface area contributed by atoms with Crippen LogP contribution in [0.3, 0.4) is 0 Å². The van der Waals surface area contributed by atoms with Gasteiger partial charge < -0.3 is 20.3 Å². The van der Waals surface area contributed by atoms with Gasteiger partial charge in [-0.2, -0.15) is 0 Å². The molecule has 6 nitrogen and oxygen atoms in total. The monoisotopic (exact) mass is 365 g/mol. The number of benzene rings is 2. The quantitative estimate of drug-likeness (QED) is 0.871. The van der Waals surface area contributed by atoms with Gasteiger partial charge >= 0.3 is 6.03 Å². The smallest absolute Gasteiger partial charge is 0.323 e. The van der Waals surface area contributed by atoms with E-state index >= 15 is 0 Å². The molecule has 0 bridgehead atoms. The predicted octanol–water partition coefficient (Wildman–Crippen LogP) is 3.73. The van der Waals surface area contributed by atoms with Crippen LogP contribution in [0.15, 0.2) is 54.6 Å². The summed E-state index contributed by atoms with van der Waals surface area (Å²) in [4.78, 5) is 27.0. The van der Waals surface area contributed by atoms with Crippen molar-refractivity contribution in [1.82, 2.24) is 4.90 Å². The van der Waals surface area contributed by atoms with Crippen LogP contribution in [0.25, 0.3) is 0 Å². The number of hydrogen-bond acceptors (Lipinski definition) is 3. The third-order valence-electron chi connectivity index (χ3n) is 5.35. The van der Waals surface area contributed by atoms with E-state index < -0.39 is 0 Å². The summed E-state index contributed by atoms with van der Waals surface area (Å²) in [6, 6.07) is 16.0. The largest absolute Gasteiger partial charge is 0.377 e. The Kier molecular flexibility index (Phi) is 4.81. The Bertz CT molecular complexity index is 816. The summed E-state index contributed by atoms with van der Waals surface area (Å²) >= 11 is 0. The summed E-state index contributed by atoms with van der Waals surface area (Å²) in [5.41, 5.74) is 1.89. The van der Waals surface area contributed by atoms with E-state index in [2.05, 4.69) is 10.6 Å². The molecular weight excluding hydrogens is 342 g/mol. The number of rotatable bonds is 3. The zero-order valence-electron chi connectivity index (χ0n) is 15.1. The molecule has 0 unspecified atom stereocenters. The van der Waals surface area contributed by atoms with Crippen molar-refractivity contribution in [2.45, 2.75) is 24.8 Å². The highest BCUT2D eigenvalue weighted by Gasteiger charge is 2.46. The molecule has 1 saturated heterocycles. The van der Waals surface area contributed by atoms with Crippen molar-refractivity contribution in [3.63, 3.8) is 0 Å². The van der Waals surface area contributed by atoms with Crippen LogP contribution in [0.5, 0.6) is 0 Å². The Morgan fingerprint density at radius 3 is 2.22 bits per heavy atom. The van der Waals surface area contributed by atoms with E-state index in [0.29, 0.717) is 31.0 Å². The Morgan fingerprint density at radius 2 is 1.59 bits per heavy atom. The van der Waals surface area contributed by atoms with Crippen molar-refractivity contribution >= 4 is 23.3 Å². The molecule has 0 aromatic heterocycles. The van der Waals surface area contributed by atoms with Crippen molar-refractivity contribution < 1.29 is 14.3 Å². The van der Waals surface area contributed by atoms with Crippen LogP contribution in [0.2, 0.25) is 0 Å². The van der Waals surface area contributed by atoms with Gasteiger partial charge in [-0.05, 0) is 55.7 Å². The Morgan fingerprint density at radius 1 is 0.926 bits per heavy atom. The van der Waals surface area contributed by atoms with Gasteiger partial charge in [0, 0.05) is 23.5 Å². The molecule has 27 heavy (non-hydrogen) atoms. The van der Waals surface area contributed by atoms with Gasteiger partial charge in [-0.3, -0.25) is 4.79 Å². The minimum atomic E-state index is -0.318. The molecule has 2 N–H and O–H groups in total. The molecule has 0 atom stereocenters. The first-order valence-electron chi connectivity index (χ1n) is 9.29. The molecule has 6 heteroatoms. The minimum absolute atomic E-state index is 0.0401. The van der Waals surface area contributed by atoms with Gasteiger partial charge in [-0.15, -0.1) is 0 Å². The fourth-order valence-corrected chi connectivity index (χ4v) is 3.72. The van der Waals surface area contributed by atoms with Crippen molar-refractivity contribution in [3.8, 4) is 0 Å². The van der Waals surface area contributed by atoms with Gasteiger partial charge in [-0.25, -0.2) is 4.79 Å². The molecule has 1 saturated carbocycles. The second-order valence-corrected chi connectivity index (χ2v) is 7.11. The normalized spacial score (nSPS) is 17.9. The average Bonchev–Trinajstić information content (AvgIpc) is 2.67.